The Balaban J connectivity index is 1.19. The van der Waals surface area contributed by atoms with Crippen molar-refractivity contribution in [2.75, 3.05) is 63.5 Å². The SMILES string of the molecule is CC(C)(C)OC(=O)N1CCN(C(=O)[C@H]2CC[C@@H](Nc3cc(OCCN4CCCCC4)ncc3N)CC2)CC1. The van der Waals surface area contributed by atoms with Crippen LogP contribution in [0.15, 0.2) is 12.3 Å². The fourth-order valence-electron chi connectivity index (χ4n) is 5.51. The normalized spacial score (nSPS) is 23.1. The molecule has 2 aliphatic heterocycles. The third kappa shape index (κ3) is 8.12. The van der Waals surface area contributed by atoms with Crippen LogP contribution >= 0.6 is 0 Å². The van der Waals surface area contributed by atoms with Crippen molar-refractivity contribution in [3.8, 4) is 5.88 Å². The second-order valence-corrected chi connectivity index (χ2v) is 11.8. The summed E-state index contributed by atoms with van der Waals surface area (Å²) < 4.78 is 11.4. The van der Waals surface area contributed by atoms with Gasteiger partial charge in [-0.2, -0.15) is 0 Å². The second-order valence-electron chi connectivity index (χ2n) is 11.8. The number of hydrogen-bond donors (Lipinski definition) is 2. The summed E-state index contributed by atoms with van der Waals surface area (Å²) in [6.45, 7) is 11.6. The quantitative estimate of drug-likeness (QED) is 0.550. The van der Waals surface area contributed by atoms with Gasteiger partial charge in [-0.1, -0.05) is 6.42 Å². The summed E-state index contributed by atoms with van der Waals surface area (Å²) in [5.41, 5.74) is 7.14. The highest BCUT2D eigenvalue weighted by Crippen LogP contribution is 2.31. The average Bonchev–Trinajstić information content (AvgIpc) is 2.90. The highest BCUT2D eigenvalue weighted by atomic mass is 16.6. The molecule has 0 unspecified atom stereocenters. The van der Waals surface area contributed by atoms with Crippen LogP contribution in [0.4, 0.5) is 16.2 Å². The van der Waals surface area contributed by atoms with Crippen LogP contribution in [0.5, 0.6) is 5.88 Å². The number of piperidine rings is 1. The number of aromatic nitrogens is 1. The molecule has 0 aromatic carbocycles. The maximum atomic E-state index is 13.2. The van der Waals surface area contributed by atoms with Crippen LogP contribution in [0, 0.1) is 5.92 Å². The maximum Gasteiger partial charge on any atom is 0.410 e. The van der Waals surface area contributed by atoms with Crippen LogP contribution in [0.1, 0.15) is 65.7 Å². The maximum absolute atomic E-state index is 13.2. The lowest BCUT2D eigenvalue weighted by Gasteiger charge is -2.38. The van der Waals surface area contributed by atoms with Gasteiger partial charge in [-0.25, -0.2) is 9.78 Å². The van der Waals surface area contributed by atoms with E-state index in [9.17, 15) is 9.59 Å². The zero-order valence-corrected chi connectivity index (χ0v) is 23.4. The predicted molar refractivity (Wildman–Crippen MR) is 148 cm³/mol. The zero-order valence-electron chi connectivity index (χ0n) is 23.4. The Morgan fingerprint density at radius 2 is 1.66 bits per heavy atom. The molecule has 1 saturated carbocycles. The Bertz CT molecular complexity index is 930. The number of hydrogen-bond acceptors (Lipinski definition) is 8. The highest BCUT2D eigenvalue weighted by molar-refractivity contribution is 5.79. The molecule has 0 bridgehead atoms. The van der Waals surface area contributed by atoms with Crippen molar-refractivity contribution < 1.29 is 19.1 Å². The van der Waals surface area contributed by atoms with E-state index in [1.807, 2.05) is 31.7 Å². The Hall–Kier alpha value is -2.75. The summed E-state index contributed by atoms with van der Waals surface area (Å²) >= 11 is 0. The Morgan fingerprint density at radius 3 is 2.32 bits per heavy atom. The van der Waals surface area contributed by atoms with E-state index in [1.54, 1.807) is 11.1 Å². The first-order chi connectivity index (χ1) is 18.2. The summed E-state index contributed by atoms with van der Waals surface area (Å²) in [5, 5.41) is 3.57. The van der Waals surface area contributed by atoms with Gasteiger partial charge < -0.3 is 30.3 Å². The second kappa shape index (κ2) is 12.9. The largest absolute Gasteiger partial charge is 0.476 e. The topological polar surface area (TPSA) is 113 Å². The van der Waals surface area contributed by atoms with E-state index in [2.05, 4.69) is 15.2 Å². The molecule has 3 heterocycles. The number of nitrogen functional groups attached to an aromatic ring is 1. The first kappa shape index (κ1) is 28.3. The van der Waals surface area contributed by atoms with Crippen LogP contribution in [0.25, 0.3) is 0 Å². The van der Waals surface area contributed by atoms with Gasteiger partial charge in [0, 0.05) is 50.7 Å². The van der Waals surface area contributed by atoms with Gasteiger partial charge in [-0.15, -0.1) is 0 Å². The minimum absolute atomic E-state index is 0.0320. The monoisotopic (exact) mass is 530 g/mol. The smallest absolute Gasteiger partial charge is 0.410 e. The van der Waals surface area contributed by atoms with Gasteiger partial charge in [0.15, 0.2) is 0 Å². The van der Waals surface area contributed by atoms with E-state index in [-0.39, 0.29) is 24.0 Å². The molecular formula is C28H46N6O4. The molecule has 10 heteroatoms. The molecule has 0 atom stereocenters. The molecule has 3 fully saturated rings. The first-order valence-electron chi connectivity index (χ1n) is 14.3. The fraction of sp³-hybridized carbons (Fsp3) is 0.750. The van der Waals surface area contributed by atoms with E-state index in [0.29, 0.717) is 44.4 Å². The van der Waals surface area contributed by atoms with Gasteiger partial charge >= 0.3 is 6.09 Å². The Labute approximate surface area is 227 Å². The van der Waals surface area contributed by atoms with Crippen molar-refractivity contribution in [2.24, 2.45) is 5.92 Å². The molecule has 3 aliphatic rings. The van der Waals surface area contributed by atoms with Crippen molar-refractivity contribution in [3.05, 3.63) is 12.3 Å². The van der Waals surface area contributed by atoms with Crippen LogP contribution in [-0.2, 0) is 9.53 Å². The molecule has 0 radical (unpaired) electrons. The number of piperazine rings is 1. The van der Waals surface area contributed by atoms with Crippen molar-refractivity contribution in [1.29, 1.82) is 0 Å². The van der Waals surface area contributed by atoms with Gasteiger partial charge in [0.1, 0.15) is 12.2 Å². The zero-order chi connectivity index (χ0) is 27.1. The number of rotatable bonds is 7. The molecule has 1 aromatic rings. The number of nitrogens with two attached hydrogens (primary N) is 1. The molecule has 38 heavy (non-hydrogen) atoms. The lowest BCUT2D eigenvalue weighted by molar-refractivity contribution is -0.138. The minimum Gasteiger partial charge on any atom is -0.476 e. The standard InChI is InChI=1S/C28H46N6O4/c1-28(2,3)38-27(36)34-15-13-33(14-16-34)26(35)21-7-9-22(10-8-21)31-24-19-25(30-20-23(24)29)37-18-17-32-11-5-4-6-12-32/h19-22H,4-18,29H2,1-3H3,(H,30,31)/t21-,22+. The third-order valence-electron chi connectivity index (χ3n) is 7.69. The summed E-state index contributed by atoms with van der Waals surface area (Å²) in [7, 11) is 0. The molecule has 1 aromatic heterocycles. The number of nitrogens with zero attached hydrogens (tertiary/aromatic N) is 4. The van der Waals surface area contributed by atoms with E-state index in [0.717, 1.165) is 51.0 Å². The van der Waals surface area contributed by atoms with Crippen molar-refractivity contribution in [3.63, 3.8) is 0 Å². The summed E-state index contributed by atoms with van der Waals surface area (Å²) in [6, 6.07) is 2.15. The van der Waals surface area contributed by atoms with Gasteiger partial charge in [0.05, 0.1) is 17.6 Å². The van der Waals surface area contributed by atoms with E-state index in [4.69, 9.17) is 15.2 Å². The number of pyridine rings is 1. The number of likely N-dealkylation sites (tertiary alicyclic amines) is 1. The van der Waals surface area contributed by atoms with Gasteiger partial charge in [-0.05, 0) is 72.4 Å². The fourth-order valence-corrected chi connectivity index (χ4v) is 5.51. The average molecular weight is 531 g/mol. The van der Waals surface area contributed by atoms with Crippen molar-refractivity contribution >= 4 is 23.4 Å². The first-order valence-corrected chi connectivity index (χ1v) is 14.3. The van der Waals surface area contributed by atoms with Gasteiger partial charge in [0.2, 0.25) is 11.8 Å². The Morgan fingerprint density at radius 1 is 1.00 bits per heavy atom. The van der Waals surface area contributed by atoms with Crippen molar-refractivity contribution in [2.45, 2.75) is 77.4 Å². The van der Waals surface area contributed by atoms with E-state index in [1.165, 1.54) is 19.3 Å². The molecule has 3 N–H and O–H groups in total. The van der Waals surface area contributed by atoms with Crippen LogP contribution in [0.2, 0.25) is 0 Å². The number of ether oxygens (including phenoxy) is 2. The number of amides is 2. The summed E-state index contributed by atoms with van der Waals surface area (Å²) in [6.07, 6.45) is 8.71. The lowest BCUT2D eigenvalue weighted by atomic mass is 9.85. The predicted octanol–water partition coefficient (Wildman–Crippen LogP) is 3.58. The van der Waals surface area contributed by atoms with Gasteiger partial charge in [-0.3, -0.25) is 9.69 Å². The van der Waals surface area contributed by atoms with Gasteiger partial charge in [0.25, 0.3) is 0 Å². The molecule has 0 spiro atoms. The van der Waals surface area contributed by atoms with E-state index >= 15 is 0 Å². The number of carbonyl (C=O) groups excluding carboxylic acids is 2. The summed E-state index contributed by atoms with van der Waals surface area (Å²) in [4.78, 5) is 35.9. The number of carbonyl (C=O) groups is 2. The third-order valence-corrected chi connectivity index (χ3v) is 7.69. The number of anilines is 2. The minimum atomic E-state index is -0.515. The van der Waals surface area contributed by atoms with Crippen LogP contribution < -0.4 is 15.8 Å². The molecule has 4 rings (SSSR count). The molecular weight excluding hydrogens is 484 g/mol. The Kier molecular flexibility index (Phi) is 9.57. The van der Waals surface area contributed by atoms with Crippen LogP contribution in [-0.4, -0.2) is 95.7 Å². The molecule has 1 aliphatic carbocycles. The number of nitrogens with one attached hydrogen (secondary N) is 1. The summed E-state index contributed by atoms with van der Waals surface area (Å²) in [5.74, 6) is 0.831. The molecule has 2 saturated heterocycles. The molecule has 2 amide bonds. The molecule has 212 valence electrons. The van der Waals surface area contributed by atoms with E-state index < -0.39 is 5.60 Å². The highest BCUT2D eigenvalue weighted by Gasteiger charge is 2.33. The van der Waals surface area contributed by atoms with Crippen LogP contribution in [0.3, 0.4) is 0 Å². The lowest BCUT2D eigenvalue weighted by Crippen LogP contribution is -2.53. The van der Waals surface area contributed by atoms with Crippen molar-refractivity contribution in [1.82, 2.24) is 19.7 Å². The molecule has 10 nitrogen and oxygen atoms in total.